The number of hydrogen-bond donors (Lipinski definition) is 1. The Bertz CT molecular complexity index is 1120. The molecule has 2 heterocycles. The van der Waals surface area contributed by atoms with Crippen molar-refractivity contribution in [1.29, 1.82) is 0 Å². The number of esters is 3. The zero-order valence-electron chi connectivity index (χ0n) is 21.2. The van der Waals surface area contributed by atoms with Crippen molar-refractivity contribution >= 4 is 23.7 Å². The van der Waals surface area contributed by atoms with Crippen LogP contribution >= 0.6 is 0 Å². The van der Waals surface area contributed by atoms with Crippen molar-refractivity contribution in [2.75, 3.05) is 6.61 Å². The van der Waals surface area contributed by atoms with Gasteiger partial charge < -0.3 is 14.2 Å². The van der Waals surface area contributed by atoms with Gasteiger partial charge in [0.15, 0.2) is 11.3 Å². The van der Waals surface area contributed by atoms with Gasteiger partial charge in [-0.25, -0.2) is 9.59 Å². The maximum atomic E-state index is 13.8. The molecule has 4 atom stereocenters. The molecule has 2 aliphatic heterocycles. The third-order valence-electron chi connectivity index (χ3n) is 8.67. The first kappa shape index (κ1) is 25.1. The molecule has 2 bridgehead atoms. The Balaban J connectivity index is 1.80. The minimum Gasteiger partial charge on any atom is -0.464 e. The molecule has 0 unspecified atom stereocenters. The summed E-state index contributed by atoms with van der Waals surface area (Å²) in [5.74, 6) is -2.84. The van der Waals surface area contributed by atoms with Crippen molar-refractivity contribution in [3.05, 3.63) is 47.2 Å². The Morgan fingerprint density at radius 3 is 2.23 bits per heavy atom. The fourth-order valence-electron chi connectivity index (χ4n) is 5.72. The summed E-state index contributed by atoms with van der Waals surface area (Å²) in [6.45, 7) is 10.6. The average molecular weight is 484 g/mol. The van der Waals surface area contributed by atoms with Gasteiger partial charge in [0.25, 0.3) is 0 Å². The van der Waals surface area contributed by atoms with Gasteiger partial charge in [0.2, 0.25) is 11.4 Å². The third kappa shape index (κ3) is 3.22. The maximum Gasteiger partial charge on any atom is 0.356 e. The van der Waals surface area contributed by atoms with E-state index in [9.17, 15) is 19.2 Å². The van der Waals surface area contributed by atoms with Crippen molar-refractivity contribution in [3.63, 3.8) is 0 Å². The highest BCUT2D eigenvalue weighted by Crippen LogP contribution is 2.66. The molecule has 35 heavy (non-hydrogen) atoms. The van der Waals surface area contributed by atoms with Gasteiger partial charge >= 0.3 is 17.9 Å². The monoisotopic (exact) mass is 483 g/mol. The van der Waals surface area contributed by atoms with Gasteiger partial charge in [-0.2, -0.15) is 0 Å². The minimum absolute atomic E-state index is 0.0893. The lowest BCUT2D eigenvalue weighted by atomic mass is 9.66. The number of Topliss-reactive ketones (excluding diaryl/α,β-unsaturated/α-hetero) is 1. The predicted molar refractivity (Wildman–Crippen MR) is 126 cm³/mol. The molecule has 8 nitrogen and oxygen atoms in total. The zero-order chi connectivity index (χ0) is 25.8. The van der Waals surface area contributed by atoms with Crippen LogP contribution in [0.25, 0.3) is 0 Å². The molecule has 1 aliphatic carbocycles. The summed E-state index contributed by atoms with van der Waals surface area (Å²) in [5.41, 5.74) is -3.62. The van der Waals surface area contributed by atoms with Gasteiger partial charge in [-0.1, -0.05) is 51.1 Å². The second-order valence-electron chi connectivity index (χ2n) is 10.4. The Hall–Kier alpha value is -3.00. The molecule has 8 heteroatoms. The molecule has 1 saturated carbocycles. The summed E-state index contributed by atoms with van der Waals surface area (Å²) in [7, 11) is 0. The fraction of sp³-hybridized carbons (Fsp3) is 0.556. The van der Waals surface area contributed by atoms with Gasteiger partial charge in [0, 0.05) is 5.41 Å². The van der Waals surface area contributed by atoms with Crippen molar-refractivity contribution in [1.82, 2.24) is 5.32 Å². The number of nitrogens with one attached hydrogen (secondary N) is 1. The van der Waals surface area contributed by atoms with Crippen LogP contribution in [0, 0.1) is 10.8 Å². The molecule has 2 fully saturated rings. The quantitative estimate of drug-likeness (QED) is 0.372. The highest BCUT2D eigenvalue weighted by atomic mass is 16.6. The van der Waals surface area contributed by atoms with E-state index in [1.165, 1.54) is 0 Å². The molecule has 0 amide bonds. The van der Waals surface area contributed by atoms with Crippen molar-refractivity contribution in [3.8, 4) is 0 Å². The Labute approximate surface area is 205 Å². The molecule has 1 aromatic rings. The van der Waals surface area contributed by atoms with Gasteiger partial charge in [0.1, 0.15) is 0 Å². The van der Waals surface area contributed by atoms with E-state index in [1.54, 1.807) is 27.7 Å². The Morgan fingerprint density at radius 2 is 1.71 bits per heavy atom. The van der Waals surface area contributed by atoms with Crippen LogP contribution in [0.5, 0.6) is 0 Å². The summed E-state index contributed by atoms with van der Waals surface area (Å²) in [6.07, 6.45) is 0.876. The number of carbonyl (C=O) groups is 4. The number of rotatable bonds is 6. The number of hydrogen-bond acceptors (Lipinski definition) is 8. The van der Waals surface area contributed by atoms with Crippen molar-refractivity contribution < 1.29 is 33.4 Å². The third-order valence-corrected chi connectivity index (χ3v) is 8.67. The van der Waals surface area contributed by atoms with E-state index in [4.69, 9.17) is 14.2 Å². The number of ketones is 1. The first-order valence-electron chi connectivity index (χ1n) is 12.1. The van der Waals surface area contributed by atoms with Crippen LogP contribution < -0.4 is 5.32 Å². The predicted octanol–water partition coefficient (Wildman–Crippen LogP) is 3.55. The molecule has 1 N–H and O–H groups in total. The SMILES string of the molecule is CCOC(=O)[C@@]1(CC)N[C@@H](c2ccccc2)C(C)=C(OC(=O)[C@@]23CC[C@@](C)(C(=O)O2)C3(C)C)C1=O. The molecule has 0 radical (unpaired) electrons. The molecule has 0 aromatic heterocycles. The molecule has 3 aliphatic rings. The molecule has 0 spiro atoms. The lowest BCUT2D eigenvalue weighted by molar-refractivity contribution is -0.181. The summed E-state index contributed by atoms with van der Waals surface area (Å²) in [5, 5.41) is 3.19. The molecular formula is C27H33NO7. The number of carbonyl (C=O) groups excluding carboxylic acids is 4. The minimum atomic E-state index is -1.73. The summed E-state index contributed by atoms with van der Waals surface area (Å²) < 4.78 is 16.8. The van der Waals surface area contributed by atoms with E-state index >= 15 is 0 Å². The maximum absolute atomic E-state index is 13.8. The second-order valence-corrected chi connectivity index (χ2v) is 10.4. The first-order valence-corrected chi connectivity index (χ1v) is 12.1. The van der Waals surface area contributed by atoms with Crippen LogP contribution in [0.2, 0.25) is 0 Å². The van der Waals surface area contributed by atoms with Gasteiger partial charge in [-0.05, 0) is 51.2 Å². The Kier molecular flexibility index (Phi) is 5.95. The summed E-state index contributed by atoms with van der Waals surface area (Å²) in [4.78, 5) is 53.3. The van der Waals surface area contributed by atoms with E-state index in [1.807, 2.05) is 44.2 Å². The number of benzene rings is 1. The lowest BCUT2D eigenvalue weighted by Gasteiger charge is -2.40. The lowest BCUT2D eigenvalue weighted by Crippen LogP contribution is -2.63. The van der Waals surface area contributed by atoms with Gasteiger partial charge in [-0.3, -0.25) is 14.9 Å². The smallest absolute Gasteiger partial charge is 0.356 e. The highest BCUT2D eigenvalue weighted by molar-refractivity contribution is 6.17. The topological polar surface area (TPSA) is 108 Å². The van der Waals surface area contributed by atoms with Crippen LogP contribution in [-0.4, -0.2) is 41.4 Å². The van der Waals surface area contributed by atoms with Crippen LogP contribution in [0.4, 0.5) is 0 Å². The fourth-order valence-corrected chi connectivity index (χ4v) is 5.72. The zero-order valence-corrected chi connectivity index (χ0v) is 21.2. The summed E-state index contributed by atoms with van der Waals surface area (Å²) in [6, 6.07) is 8.72. The average Bonchev–Trinajstić information content (AvgIpc) is 3.13. The van der Waals surface area contributed by atoms with E-state index in [2.05, 4.69) is 5.32 Å². The molecular weight excluding hydrogens is 450 g/mol. The first-order chi connectivity index (χ1) is 16.4. The van der Waals surface area contributed by atoms with Crippen molar-refractivity contribution in [2.24, 2.45) is 10.8 Å². The molecule has 4 rings (SSSR count). The molecule has 1 saturated heterocycles. The van der Waals surface area contributed by atoms with E-state index in [0.29, 0.717) is 18.4 Å². The molecule has 1 aromatic carbocycles. The Morgan fingerprint density at radius 1 is 1.06 bits per heavy atom. The van der Waals surface area contributed by atoms with Crippen LogP contribution in [-0.2, 0) is 33.4 Å². The summed E-state index contributed by atoms with van der Waals surface area (Å²) >= 11 is 0. The highest BCUT2D eigenvalue weighted by Gasteiger charge is 2.76. The van der Waals surface area contributed by atoms with E-state index in [-0.39, 0.29) is 18.8 Å². The standard InChI is InChI=1S/C27H33NO7/c1-7-26(22(31)33-8-2)20(29)19(16(3)18(28-26)17-12-10-9-11-13-17)34-23(32)27-15-14-25(6,21(30)35-27)24(27,4)5/h9-13,18,28H,7-8,14-15H2,1-6H3/t18-,25+,26+,27-/m1/s1. The van der Waals surface area contributed by atoms with Crippen molar-refractivity contribution in [2.45, 2.75) is 78.0 Å². The number of ether oxygens (including phenoxy) is 3. The van der Waals surface area contributed by atoms with E-state index in [0.717, 1.165) is 5.56 Å². The van der Waals surface area contributed by atoms with Crippen LogP contribution in [0.1, 0.15) is 72.4 Å². The van der Waals surface area contributed by atoms with E-state index < -0.39 is 51.7 Å². The number of fused-ring (bicyclic) bond motifs is 2. The second kappa shape index (κ2) is 8.29. The molecule has 188 valence electrons. The van der Waals surface area contributed by atoms with Gasteiger partial charge in [-0.15, -0.1) is 0 Å². The normalized spacial score (nSPS) is 33.5. The van der Waals surface area contributed by atoms with Crippen LogP contribution in [0.3, 0.4) is 0 Å². The largest absolute Gasteiger partial charge is 0.464 e. The van der Waals surface area contributed by atoms with Crippen LogP contribution in [0.15, 0.2) is 41.7 Å². The van der Waals surface area contributed by atoms with Gasteiger partial charge in [0.05, 0.1) is 18.1 Å².